The van der Waals surface area contributed by atoms with Gasteiger partial charge in [0, 0.05) is 12.8 Å². The summed E-state index contributed by atoms with van der Waals surface area (Å²) >= 11 is 0. The fourth-order valence-corrected chi connectivity index (χ4v) is 5.04. The molecule has 0 spiro atoms. The quantitative estimate of drug-likeness (QED) is 0.0636. The van der Waals surface area contributed by atoms with Crippen molar-refractivity contribution in [3.8, 4) is 0 Å². The van der Waals surface area contributed by atoms with Gasteiger partial charge >= 0.3 is 5.97 Å². The average molecular weight is 722 g/mol. The predicted octanol–water partition coefficient (Wildman–Crippen LogP) is -1.82. The van der Waals surface area contributed by atoms with Gasteiger partial charge < -0.3 is 53.4 Å². The molecule has 0 unspecified atom stereocenters. The zero-order valence-corrected chi connectivity index (χ0v) is 30.0. The normalized spacial score (nSPS) is 16.0. The molecule has 1 rings (SSSR count). The lowest BCUT2D eigenvalue weighted by Gasteiger charge is -2.29. The fourth-order valence-electron chi connectivity index (χ4n) is 5.04. The molecular formula is C34H55N7O10. The van der Waals surface area contributed by atoms with Crippen molar-refractivity contribution in [2.75, 3.05) is 0 Å². The molecule has 0 radical (unpaired) electrons. The van der Waals surface area contributed by atoms with E-state index in [-0.39, 0.29) is 37.5 Å². The summed E-state index contributed by atoms with van der Waals surface area (Å²) in [6.45, 7) is 9.84. The topological polar surface area (TPSA) is 292 Å². The molecule has 0 saturated heterocycles. The smallest absolute Gasteiger partial charge is 0.326 e. The third kappa shape index (κ3) is 16.3. The van der Waals surface area contributed by atoms with Crippen molar-refractivity contribution in [3.63, 3.8) is 0 Å². The van der Waals surface area contributed by atoms with Crippen LogP contribution in [0.2, 0.25) is 0 Å². The van der Waals surface area contributed by atoms with Gasteiger partial charge in [-0.05, 0) is 50.5 Å². The van der Waals surface area contributed by atoms with Gasteiger partial charge in [0.2, 0.25) is 35.4 Å². The second-order valence-electron chi connectivity index (χ2n) is 13.5. The molecule has 51 heavy (non-hydrogen) atoms. The second kappa shape index (κ2) is 21.6. The molecule has 0 saturated carbocycles. The number of carboxylic acid groups (broad SMARTS) is 1. The minimum Gasteiger partial charge on any atom is -0.480 e. The number of rotatable bonds is 22. The predicted molar refractivity (Wildman–Crippen MR) is 186 cm³/mol. The van der Waals surface area contributed by atoms with E-state index >= 15 is 0 Å². The Morgan fingerprint density at radius 2 is 1.08 bits per heavy atom. The van der Waals surface area contributed by atoms with Crippen LogP contribution in [-0.2, 0) is 40.0 Å². The molecule has 0 heterocycles. The van der Waals surface area contributed by atoms with Crippen molar-refractivity contribution >= 4 is 41.4 Å². The highest BCUT2D eigenvalue weighted by Gasteiger charge is 2.36. The average Bonchev–Trinajstić information content (AvgIpc) is 3.02. The summed E-state index contributed by atoms with van der Waals surface area (Å²) in [5.41, 5.74) is 11.7. The summed E-state index contributed by atoms with van der Waals surface area (Å²) in [4.78, 5) is 89.3. The number of nitrogens with one attached hydrogen (secondary N) is 5. The third-order valence-corrected chi connectivity index (χ3v) is 7.74. The van der Waals surface area contributed by atoms with Gasteiger partial charge in [-0.1, -0.05) is 58.0 Å². The van der Waals surface area contributed by atoms with Crippen LogP contribution in [-0.4, -0.2) is 105 Å². The van der Waals surface area contributed by atoms with Gasteiger partial charge in [0.05, 0.1) is 18.2 Å². The lowest BCUT2D eigenvalue weighted by Crippen LogP contribution is -2.63. The van der Waals surface area contributed by atoms with Crippen LogP contribution in [0.3, 0.4) is 0 Å². The van der Waals surface area contributed by atoms with Crippen LogP contribution in [0.4, 0.5) is 0 Å². The number of amides is 6. The zero-order valence-electron chi connectivity index (χ0n) is 30.0. The van der Waals surface area contributed by atoms with Crippen molar-refractivity contribution in [1.29, 1.82) is 0 Å². The monoisotopic (exact) mass is 721 g/mol. The Balaban J connectivity index is 3.29. The van der Waals surface area contributed by atoms with E-state index in [2.05, 4.69) is 26.6 Å². The first kappa shape index (κ1) is 44.4. The molecule has 8 atom stereocenters. The molecule has 1 aromatic rings. The van der Waals surface area contributed by atoms with Crippen LogP contribution in [0.25, 0.3) is 0 Å². The minimum absolute atomic E-state index is 0.0416. The Hall–Kier alpha value is -4.61. The van der Waals surface area contributed by atoms with E-state index in [0.29, 0.717) is 12.0 Å². The standard InChI is InChI=1S/C34H55N7O10/c1-17(2)14-22(35)29(45)38-24(15-18(3)4)30(46)39-25(16-21-10-8-7-9-11-21)31(47)40-28(20(6)43)33(49)41-27(19(5)42)32(48)37-23(34(50)51)12-13-26(36)44/h7-11,17-20,22-25,27-28,42-43H,12-16,35H2,1-6H3,(H2,36,44)(H,37,48)(H,38,45)(H,39,46)(H,40,47)(H,41,49)(H,50,51)/t19-,20-,22+,23+,24+,25+,27+,28+/m1/s1. The lowest BCUT2D eigenvalue weighted by molar-refractivity contribution is -0.143. The first-order valence-corrected chi connectivity index (χ1v) is 16.9. The first-order chi connectivity index (χ1) is 23.7. The number of nitrogens with two attached hydrogens (primary N) is 2. The molecule has 6 amide bonds. The van der Waals surface area contributed by atoms with E-state index in [0.717, 1.165) is 6.92 Å². The van der Waals surface area contributed by atoms with Crippen LogP contribution >= 0.6 is 0 Å². The largest absolute Gasteiger partial charge is 0.480 e. The number of carbonyl (C=O) groups is 7. The maximum absolute atomic E-state index is 13.7. The van der Waals surface area contributed by atoms with Gasteiger partial charge in [-0.15, -0.1) is 0 Å². The molecule has 0 aliphatic heterocycles. The summed E-state index contributed by atoms with van der Waals surface area (Å²) in [5.74, 6) is -6.55. The van der Waals surface area contributed by atoms with Gasteiger partial charge in [-0.3, -0.25) is 28.8 Å². The number of aliphatic hydroxyl groups excluding tert-OH is 2. The van der Waals surface area contributed by atoms with Crippen molar-refractivity contribution < 1.29 is 48.9 Å². The highest BCUT2D eigenvalue weighted by molar-refractivity contribution is 5.96. The third-order valence-electron chi connectivity index (χ3n) is 7.74. The number of aliphatic carboxylic acids is 1. The fraction of sp³-hybridized carbons (Fsp3) is 0.618. The van der Waals surface area contributed by atoms with Crippen LogP contribution in [0.15, 0.2) is 30.3 Å². The molecule has 286 valence electrons. The Kier molecular flexibility index (Phi) is 18.8. The van der Waals surface area contributed by atoms with Gasteiger partial charge in [0.1, 0.15) is 30.2 Å². The first-order valence-electron chi connectivity index (χ1n) is 16.9. The molecule has 1 aromatic carbocycles. The number of hydrogen-bond donors (Lipinski definition) is 10. The number of primary amides is 1. The Labute approximate surface area is 298 Å². The number of carboxylic acids is 1. The summed E-state index contributed by atoms with van der Waals surface area (Å²) in [7, 11) is 0. The van der Waals surface area contributed by atoms with Gasteiger partial charge in [0.15, 0.2) is 0 Å². The van der Waals surface area contributed by atoms with Crippen LogP contribution in [0.1, 0.15) is 72.8 Å². The van der Waals surface area contributed by atoms with E-state index < -0.39 is 89.9 Å². The number of benzene rings is 1. The van der Waals surface area contributed by atoms with Crippen LogP contribution < -0.4 is 38.1 Å². The zero-order chi connectivity index (χ0) is 39.0. The summed E-state index contributed by atoms with van der Waals surface area (Å²) in [6, 6.07) is 0.354. The summed E-state index contributed by atoms with van der Waals surface area (Å²) in [6.07, 6.45) is -3.30. The Morgan fingerprint density at radius 1 is 0.627 bits per heavy atom. The van der Waals surface area contributed by atoms with Crippen molar-refractivity contribution in [2.45, 2.75) is 122 Å². The molecule has 0 aliphatic rings. The highest BCUT2D eigenvalue weighted by atomic mass is 16.4. The molecule has 17 nitrogen and oxygen atoms in total. The molecule has 12 N–H and O–H groups in total. The maximum atomic E-state index is 13.7. The molecule has 17 heteroatoms. The maximum Gasteiger partial charge on any atom is 0.326 e. The summed E-state index contributed by atoms with van der Waals surface area (Å²) in [5, 5.41) is 42.3. The minimum atomic E-state index is -1.74. The van der Waals surface area contributed by atoms with Gasteiger partial charge in [-0.2, -0.15) is 0 Å². The van der Waals surface area contributed by atoms with Gasteiger partial charge in [0.25, 0.3) is 0 Å². The summed E-state index contributed by atoms with van der Waals surface area (Å²) < 4.78 is 0. The molecule has 0 bridgehead atoms. The van der Waals surface area contributed by atoms with E-state index in [4.69, 9.17) is 11.5 Å². The second-order valence-corrected chi connectivity index (χ2v) is 13.5. The molecule has 0 aromatic heterocycles. The molecule has 0 aliphatic carbocycles. The Bertz CT molecular complexity index is 1340. The van der Waals surface area contributed by atoms with E-state index in [1.54, 1.807) is 30.3 Å². The molecule has 0 fully saturated rings. The van der Waals surface area contributed by atoms with Crippen LogP contribution in [0.5, 0.6) is 0 Å². The number of hydrogen-bond acceptors (Lipinski definition) is 10. The van der Waals surface area contributed by atoms with Crippen LogP contribution in [0, 0.1) is 11.8 Å². The Morgan fingerprint density at radius 3 is 1.55 bits per heavy atom. The van der Waals surface area contributed by atoms with E-state index in [9.17, 15) is 48.9 Å². The molecular weight excluding hydrogens is 666 g/mol. The van der Waals surface area contributed by atoms with E-state index in [1.807, 2.05) is 27.7 Å². The number of carbonyl (C=O) groups excluding carboxylic acids is 6. The van der Waals surface area contributed by atoms with Crippen molar-refractivity contribution in [1.82, 2.24) is 26.6 Å². The van der Waals surface area contributed by atoms with Crippen molar-refractivity contribution in [2.24, 2.45) is 23.3 Å². The highest BCUT2D eigenvalue weighted by Crippen LogP contribution is 2.11. The van der Waals surface area contributed by atoms with E-state index in [1.165, 1.54) is 6.92 Å². The lowest BCUT2D eigenvalue weighted by atomic mass is 9.99. The SMILES string of the molecule is CC(C)C[C@H](NC(=O)[C@@H](N)CC(C)C)C(=O)N[C@@H](Cc1ccccc1)C(=O)N[C@H](C(=O)N[C@H](C(=O)N[C@@H](CCC(N)=O)C(=O)O)[C@@H](C)O)[C@@H](C)O. The number of aliphatic hydroxyl groups is 2. The van der Waals surface area contributed by atoms with Crippen molar-refractivity contribution in [3.05, 3.63) is 35.9 Å². The van der Waals surface area contributed by atoms with Gasteiger partial charge in [-0.25, -0.2) is 4.79 Å².